The SMILES string of the molecule is NC(=NOCc1cccc([N+](=O)[O-])c1)c1ccccc1OCc1ccccc1. The smallest absolute Gasteiger partial charge is 0.269 e. The van der Waals surface area contributed by atoms with E-state index < -0.39 is 4.92 Å². The number of nitrogens with two attached hydrogens (primary N) is 1. The van der Waals surface area contributed by atoms with Crippen LogP contribution in [0, 0.1) is 10.1 Å². The normalized spacial score (nSPS) is 11.1. The van der Waals surface area contributed by atoms with Gasteiger partial charge in [-0.25, -0.2) is 0 Å². The largest absolute Gasteiger partial charge is 0.488 e. The average molecular weight is 377 g/mol. The van der Waals surface area contributed by atoms with E-state index in [0.29, 0.717) is 23.5 Å². The Kier molecular flexibility index (Phi) is 6.20. The number of hydrogen-bond acceptors (Lipinski definition) is 5. The van der Waals surface area contributed by atoms with Gasteiger partial charge in [0, 0.05) is 12.1 Å². The van der Waals surface area contributed by atoms with Crippen molar-refractivity contribution in [3.63, 3.8) is 0 Å². The molecule has 0 atom stereocenters. The van der Waals surface area contributed by atoms with Gasteiger partial charge >= 0.3 is 0 Å². The topological polar surface area (TPSA) is 100.0 Å². The zero-order valence-electron chi connectivity index (χ0n) is 15.0. The third kappa shape index (κ3) is 5.07. The maximum Gasteiger partial charge on any atom is 0.269 e. The van der Waals surface area contributed by atoms with Crippen LogP contribution in [0.3, 0.4) is 0 Å². The Bertz CT molecular complexity index is 974. The summed E-state index contributed by atoms with van der Waals surface area (Å²) >= 11 is 0. The Morgan fingerprint density at radius 2 is 1.64 bits per heavy atom. The Hall–Kier alpha value is -3.87. The number of amidine groups is 1. The number of nitrogens with zero attached hydrogens (tertiary/aromatic N) is 2. The predicted octanol–water partition coefficient (Wildman–Crippen LogP) is 4.01. The number of nitro groups is 1. The summed E-state index contributed by atoms with van der Waals surface area (Å²) in [5.41, 5.74) is 8.31. The fourth-order valence-electron chi connectivity index (χ4n) is 2.52. The van der Waals surface area contributed by atoms with Crippen molar-refractivity contribution in [3.05, 3.63) is 106 Å². The van der Waals surface area contributed by atoms with E-state index in [1.165, 1.54) is 12.1 Å². The van der Waals surface area contributed by atoms with Crippen LogP contribution in [-0.2, 0) is 18.1 Å². The predicted molar refractivity (Wildman–Crippen MR) is 106 cm³/mol. The third-order valence-electron chi connectivity index (χ3n) is 3.92. The number of benzene rings is 3. The van der Waals surface area contributed by atoms with E-state index in [0.717, 1.165) is 5.56 Å². The monoisotopic (exact) mass is 377 g/mol. The summed E-state index contributed by atoms with van der Waals surface area (Å²) in [4.78, 5) is 15.6. The van der Waals surface area contributed by atoms with Crippen molar-refractivity contribution in [1.82, 2.24) is 0 Å². The van der Waals surface area contributed by atoms with Crippen molar-refractivity contribution in [3.8, 4) is 5.75 Å². The molecule has 7 nitrogen and oxygen atoms in total. The van der Waals surface area contributed by atoms with E-state index in [-0.39, 0.29) is 18.1 Å². The van der Waals surface area contributed by atoms with Crippen LogP contribution in [0.5, 0.6) is 5.75 Å². The molecule has 0 unspecified atom stereocenters. The molecule has 0 bridgehead atoms. The van der Waals surface area contributed by atoms with Gasteiger partial charge in [0.15, 0.2) is 5.84 Å². The van der Waals surface area contributed by atoms with Crippen LogP contribution >= 0.6 is 0 Å². The minimum absolute atomic E-state index is 0.00212. The fraction of sp³-hybridized carbons (Fsp3) is 0.0952. The van der Waals surface area contributed by atoms with Gasteiger partial charge in [-0.3, -0.25) is 10.1 Å². The highest BCUT2D eigenvalue weighted by molar-refractivity contribution is 5.99. The molecule has 142 valence electrons. The van der Waals surface area contributed by atoms with Crippen LogP contribution in [0.2, 0.25) is 0 Å². The Morgan fingerprint density at radius 1 is 0.929 bits per heavy atom. The van der Waals surface area contributed by atoms with Crippen LogP contribution in [-0.4, -0.2) is 10.8 Å². The second kappa shape index (κ2) is 9.18. The first-order valence-corrected chi connectivity index (χ1v) is 8.58. The second-order valence-electron chi connectivity index (χ2n) is 5.95. The van der Waals surface area contributed by atoms with Crippen molar-refractivity contribution in [2.24, 2.45) is 10.9 Å². The number of non-ortho nitro benzene ring substituents is 1. The van der Waals surface area contributed by atoms with Crippen LogP contribution in [0.1, 0.15) is 16.7 Å². The third-order valence-corrected chi connectivity index (χ3v) is 3.92. The summed E-state index contributed by atoms with van der Waals surface area (Å²) in [5, 5.41) is 14.7. The minimum Gasteiger partial charge on any atom is -0.488 e. The van der Waals surface area contributed by atoms with Crippen LogP contribution in [0.4, 0.5) is 5.69 Å². The number of hydrogen-bond donors (Lipinski definition) is 1. The zero-order valence-corrected chi connectivity index (χ0v) is 15.0. The van der Waals surface area contributed by atoms with E-state index in [2.05, 4.69) is 5.16 Å². The molecule has 0 aliphatic carbocycles. The summed E-state index contributed by atoms with van der Waals surface area (Å²) in [7, 11) is 0. The highest BCUT2D eigenvalue weighted by Gasteiger charge is 2.09. The molecular weight excluding hydrogens is 358 g/mol. The molecule has 0 saturated carbocycles. The van der Waals surface area contributed by atoms with Gasteiger partial charge in [-0.2, -0.15) is 0 Å². The van der Waals surface area contributed by atoms with Crippen molar-refractivity contribution in [1.29, 1.82) is 0 Å². The van der Waals surface area contributed by atoms with Gasteiger partial charge in [-0.1, -0.05) is 59.8 Å². The summed E-state index contributed by atoms with van der Waals surface area (Å²) < 4.78 is 5.86. The lowest BCUT2D eigenvalue weighted by Gasteiger charge is -2.11. The molecule has 0 radical (unpaired) electrons. The number of rotatable bonds is 8. The molecule has 0 saturated heterocycles. The zero-order chi connectivity index (χ0) is 19.8. The molecule has 28 heavy (non-hydrogen) atoms. The maximum atomic E-state index is 10.8. The molecule has 0 aliphatic heterocycles. The molecular formula is C21H19N3O4. The summed E-state index contributed by atoms with van der Waals surface area (Å²) in [6.45, 7) is 0.467. The van der Waals surface area contributed by atoms with E-state index in [9.17, 15) is 10.1 Å². The first-order valence-electron chi connectivity index (χ1n) is 8.58. The summed E-state index contributed by atoms with van der Waals surface area (Å²) in [6.07, 6.45) is 0. The van der Waals surface area contributed by atoms with Gasteiger partial charge in [0.2, 0.25) is 0 Å². The Labute approximate surface area is 162 Å². The molecule has 0 fully saturated rings. The maximum absolute atomic E-state index is 10.8. The Balaban J connectivity index is 1.66. The molecule has 0 amide bonds. The average Bonchev–Trinajstić information content (AvgIpc) is 2.73. The second-order valence-corrected chi connectivity index (χ2v) is 5.95. The number of ether oxygens (including phenoxy) is 1. The molecule has 0 aliphatic rings. The molecule has 0 heterocycles. The summed E-state index contributed by atoms with van der Waals surface area (Å²) in [5.74, 6) is 0.751. The summed E-state index contributed by atoms with van der Waals surface area (Å²) in [6, 6.07) is 23.2. The first-order chi connectivity index (χ1) is 13.6. The minimum atomic E-state index is -0.457. The highest BCUT2D eigenvalue weighted by Crippen LogP contribution is 2.20. The lowest BCUT2D eigenvalue weighted by Crippen LogP contribution is -2.15. The number of oxime groups is 1. The molecule has 0 spiro atoms. The van der Waals surface area contributed by atoms with E-state index >= 15 is 0 Å². The van der Waals surface area contributed by atoms with E-state index in [4.69, 9.17) is 15.3 Å². The number of nitro benzene ring substituents is 1. The van der Waals surface area contributed by atoms with Crippen LogP contribution in [0.25, 0.3) is 0 Å². The van der Waals surface area contributed by atoms with Crippen LogP contribution < -0.4 is 10.5 Å². The number of para-hydroxylation sites is 1. The van der Waals surface area contributed by atoms with Gasteiger partial charge in [0.25, 0.3) is 5.69 Å². The fourth-order valence-corrected chi connectivity index (χ4v) is 2.52. The van der Waals surface area contributed by atoms with Gasteiger partial charge in [0.05, 0.1) is 10.5 Å². The molecule has 7 heteroatoms. The van der Waals surface area contributed by atoms with Crippen molar-refractivity contribution >= 4 is 11.5 Å². The molecule has 0 aromatic heterocycles. The lowest BCUT2D eigenvalue weighted by molar-refractivity contribution is -0.384. The molecule has 3 aromatic carbocycles. The molecule has 2 N–H and O–H groups in total. The highest BCUT2D eigenvalue weighted by atomic mass is 16.6. The van der Waals surface area contributed by atoms with Gasteiger partial charge < -0.3 is 15.3 Å². The van der Waals surface area contributed by atoms with E-state index in [1.807, 2.05) is 42.5 Å². The quantitative estimate of drug-likeness (QED) is 0.277. The Morgan fingerprint density at radius 3 is 2.43 bits per heavy atom. The van der Waals surface area contributed by atoms with Gasteiger partial charge in [-0.15, -0.1) is 0 Å². The van der Waals surface area contributed by atoms with Crippen molar-refractivity contribution in [2.75, 3.05) is 0 Å². The van der Waals surface area contributed by atoms with E-state index in [1.54, 1.807) is 24.3 Å². The van der Waals surface area contributed by atoms with Gasteiger partial charge in [0.1, 0.15) is 19.0 Å². The standard InChI is InChI=1S/C21H19N3O4/c22-21(23-28-15-17-9-6-10-18(13-17)24(25)26)19-11-4-5-12-20(19)27-14-16-7-2-1-3-8-16/h1-13H,14-15H2,(H2,22,23). The first kappa shape index (κ1) is 18.9. The molecule has 3 aromatic rings. The van der Waals surface area contributed by atoms with Crippen molar-refractivity contribution < 1.29 is 14.5 Å². The molecule has 3 rings (SSSR count). The van der Waals surface area contributed by atoms with Crippen LogP contribution in [0.15, 0.2) is 84.0 Å². The lowest BCUT2D eigenvalue weighted by atomic mass is 10.2. The van der Waals surface area contributed by atoms with Gasteiger partial charge in [-0.05, 0) is 23.3 Å². The van der Waals surface area contributed by atoms with Crippen molar-refractivity contribution in [2.45, 2.75) is 13.2 Å².